The van der Waals surface area contributed by atoms with E-state index in [0.717, 1.165) is 17.6 Å². The molecule has 0 aliphatic carbocycles. The highest BCUT2D eigenvalue weighted by Crippen LogP contribution is 2.15. The van der Waals surface area contributed by atoms with E-state index < -0.39 is 0 Å². The topological polar surface area (TPSA) is 36.1 Å². The number of hydrogen-bond acceptors (Lipinski definition) is 3. The first kappa shape index (κ1) is 13.0. The van der Waals surface area contributed by atoms with E-state index in [-0.39, 0.29) is 5.82 Å². The molecule has 3 N–H and O–H groups in total. The lowest BCUT2D eigenvalue weighted by atomic mass is 10.0. The van der Waals surface area contributed by atoms with E-state index in [1.807, 2.05) is 6.07 Å². The van der Waals surface area contributed by atoms with Crippen molar-refractivity contribution in [3.63, 3.8) is 0 Å². The van der Waals surface area contributed by atoms with Crippen molar-refractivity contribution in [2.75, 3.05) is 13.1 Å². The molecule has 2 rings (SSSR count). The third-order valence-electron chi connectivity index (χ3n) is 3.14. The second-order valence-corrected chi connectivity index (χ2v) is 5.36. The summed E-state index contributed by atoms with van der Waals surface area (Å²) in [5.74, 6) is 0.385. The highest BCUT2D eigenvalue weighted by atomic mass is 79.9. The van der Waals surface area contributed by atoms with E-state index in [2.05, 4.69) is 39.0 Å². The van der Waals surface area contributed by atoms with Crippen LogP contribution < -0.4 is 16.2 Å². The largest absolute Gasteiger partial charge is 0.312 e. The van der Waals surface area contributed by atoms with Crippen LogP contribution in [0.4, 0.5) is 4.39 Å². The normalized spacial score (nSPS) is 24.2. The maximum Gasteiger partial charge on any atom is 0.128 e. The Labute approximate surface area is 109 Å². The molecule has 2 unspecified atom stereocenters. The Hall–Kier alpha value is -0.490. The maximum atomic E-state index is 13.5. The Kier molecular flexibility index (Phi) is 4.50. The summed E-state index contributed by atoms with van der Waals surface area (Å²) in [6, 6.07) is 5.62. The number of benzene rings is 1. The predicted molar refractivity (Wildman–Crippen MR) is 69.9 cm³/mol. The summed E-state index contributed by atoms with van der Waals surface area (Å²) in [7, 11) is 0. The van der Waals surface area contributed by atoms with Gasteiger partial charge in [0.05, 0.1) is 0 Å². The Morgan fingerprint density at radius 1 is 1.53 bits per heavy atom. The Bertz CT molecular complexity index is 386. The third-order valence-corrected chi connectivity index (χ3v) is 3.63. The number of hydrazine groups is 1. The molecule has 94 valence electrons. The number of rotatable bonds is 4. The van der Waals surface area contributed by atoms with Gasteiger partial charge in [0.25, 0.3) is 0 Å². The fourth-order valence-corrected chi connectivity index (χ4v) is 2.29. The van der Waals surface area contributed by atoms with E-state index in [0.29, 0.717) is 24.1 Å². The molecule has 2 atom stereocenters. The molecule has 0 bridgehead atoms. The fourth-order valence-electron chi connectivity index (χ4n) is 1.95. The van der Waals surface area contributed by atoms with Gasteiger partial charge in [0.1, 0.15) is 5.82 Å². The van der Waals surface area contributed by atoms with Crippen LogP contribution in [0.25, 0.3) is 0 Å². The molecule has 1 aromatic rings. The maximum absolute atomic E-state index is 13.5. The van der Waals surface area contributed by atoms with Crippen LogP contribution in [0.5, 0.6) is 0 Å². The second kappa shape index (κ2) is 5.91. The first-order valence-electron chi connectivity index (χ1n) is 5.80. The van der Waals surface area contributed by atoms with Gasteiger partial charge in [-0.25, -0.2) is 4.39 Å². The number of halogens is 2. The van der Waals surface area contributed by atoms with Crippen molar-refractivity contribution in [3.8, 4) is 0 Å². The summed E-state index contributed by atoms with van der Waals surface area (Å²) < 4.78 is 14.3. The average molecular weight is 302 g/mol. The van der Waals surface area contributed by atoms with Crippen LogP contribution in [0, 0.1) is 11.7 Å². The zero-order chi connectivity index (χ0) is 12.3. The van der Waals surface area contributed by atoms with Gasteiger partial charge < -0.3 is 5.32 Å². The van der Waals surface area contributed by atoms with E-state index in [9.17, 15) is 4.39 Å². The van der Waals surface area contributed by atoms with Crippen LogP contribution in [-0.4, -0.2) is 19.1 Å². The Balaban J connectivity index is 1.81. The number of nitrogens with one attached hydrogen (secondary N) is 3. The Morgan fingerprint density at radius 2 is 2.35 bits per heavy atom. The van der Waals surface area contributed by atoms with E-state index in [1.165, 1.54) is 6.07 Å². The molecule has 1 saturated heterocycles. The van der Waals surface area contributed by atoms with Gasteiger partial charge in [-0.15, -0.1) is 0 Å². The minimum atomic E-state index is -0.164. The predicted octanol–water partition coefficient (Wildman–Crippen LogP) is 1.79. The van der Waals surface area contributed by atoms with Crippen molar-refractivity contribution in [2.45, 2.75) is 19.5 Å². The highest BCUT2D eigenvalue weighted by molar-refractivity contribution is 9.10. The second-order valence-electron chi connectivity index (χ2n) is 4.44. The molecular formula is C12H17BrFN3. The van der Waals surface area contributed by atoms with Crippen molar-refractivity contribution >= 4 is 15.9 Å². The highest BCUT2D eigenvalue weighted by Gasteiger charge is 2.21. The van der Waals surface area contributed by atoms with Crippen molar-refractivity contribution < 1.29 is 4.39 Å². The van der Waals surface area contributed by atoms with Crippen LogP contribution >= 0.6 is 15.9 Å². The lowest BCUT2D eigenvalue weighted by molar-refractivity contribution is 0.450. The van der Waals surface area contributed by atoms with Crippen LogP contribution in [-0.2, 0) is 6.54 Å². The van der Waals surface area contributed by atoms with Crippen molar-refractivity contribution in [3.05, 3.63) is 34.1 Å². The summed E-state index contributed by atoms with van der Waals surface area (Å²) >= 11 is 3.25. The summed E-state index contributed by atoms with van der Waals surface area (Å²) in [6.07, 6.45) is 0. The van der Waals surface area contributed by atoms with E-state index in [4.69, 9.17) is 0 Å². The van der Waals surface area contributed by atoms with Gasteiger partial charge in [0.2, 0.25) is 0 Å². The van der Waals surface area contributed by atoms with Gasteiger partial charge >= 0.3 is 0 Å². The third kappa shape index (κ3) is 3.48. The minimum absolute atomic E-state index is 0.164. The SMILES string of the molecule is CC1NNCC1CNCc1ccc(Br)cc1F. The van der Waals surface area contributed by atoms with Gasteiger partial charge in [-0.3, -0.25) is 10.9 Å². The van der Waals surface area contributed by atoms with E-state index in [1.54, 1.807) is 6.07 Å². The quantitative estimate of drug-likeness (QED) is 0.793. The van der Waals surface area contributed by atoms with Gasteiger partial charge in [0, 0.05) is 41.6 Å². The number of hydrogen-bond donors (Lipinski definition) is 3. The summed E-state index contributed by atoms with van der Waals surface area (Å²) in [5, 5.41) is 3.30. The summed E-state index contributed by atoms with van der Waals surface area (Å²) in [6.45, 7) is 4.56. The molecular weight excluding hydrogens is 285 g/mol. The zero-order valence-electron chi connectivity index (χ0n) is 9.76. The van der Waals surface area contributed by atoms with Crippen LogP contribution in [0.2, 0.25) is 0 Å². The molecule has 0 spiro atoms. The molecule has 1 aliphatic heterocycles. The lowest BCUT2D eigenvalue weighted by Gasteiger charge is -2.14. The first-order valence-corrected chi connectivity index (χ1v) is 6.59. The summed E-state index contributed by atoms with van der Waals surface area (Å²) in [4.78, 5) is 0. The van der Waals surface area contributed by atoms with Crippen LogP contribution in [0.1, 0.15) is 12.5 Å². The molecule has 3 nitrogen and oxygen atoms in total. The smallest absolute Gasteiger partial charge is 0.128 e. The lowest BCUT2D eigenvalue weighted by Crippen LogP contribution is -2.32. The molecule has 1 fully saturated rings. The Morgan fingerprint density at radius 3 is 3.00 bits per heavy atom. The standard InChI is InChI=1S/C12H17BrFN3/c1-8-10(7-16-17-8)6-15-5-9-2-3-11(13)4-12(9)14/h2-4,8,10,15-17H,5-7H2,1H3. The van der Waals surface area contributed by atoms with Crippen molar-refractivity contribution in [1.29, 1.82) is 0 Å². The monoisotopic (exact) mass is 301 g/mol. The zero-order valence-corrected chi connectivity index (χ0v) is 11.3. The molecule has 5 heteroatoms. The minimum Gasteiger partial charge on any atom is -0.312 e. The molecule has 17 heavy (non-hydrogen) atoms. The van der Waals surface area contributed by atoms with Gasteiger partial charge in [-0.2, -0.15) is 0 Å². The van der Waals surface area contributed by atoms with Gasteiger partial charge in [-0.1, -0.05) is 22.0 Å². The fraction of sp³-hybridized carbons (Fsp3) is 0.500. The molecule has 1 aromatic carbocycles. The molecule has 0 amide bonds. The van der Waals surface area contributed by atoms with Crippen LogP contribution in [0.3, 0.4) is 0 Å². The molecule has 1 aliphatic rings. The molecule has 0 aromatic heterocycles. The van der Waals surface area contributed by atoms with Crippen molar-refractivity contribution in [1.82, 2.24) is 16.2 Å². The molecule has 0 radical (unpaired) electrons. The van der Waals surface area contributed by atoms with Crippen LogP contribution in [0.15, 0.2) is 22.7 Å². The van der Waals surface area contributed by atoms with E-state index >= 15 is 0 Å². The summed E-state index contributed by atoms with van der Waals surface area (Å²) in [5.41, 5.74) is 6.99. The van der Waals surface area contributed by atoms with Crippen molar-refractivity contribution in [2.24, 2.45) is 5.92 Å². The van der Waals surface area contributed by atoms with Gasteiger partial charge in [-0.05, 0) is 19.1 Å². The molecule has 0 saturated carbocycles. The average Bonchev–Trinajstić information content (AvgIpc) is 2.68. The van der Waals surface area contributed by atoms with Gasteiger partial charge in [0.15, 0.2) is 0 Å². The molecule has 1 heterocycles. The first-order chi connectivity index (χ1) is 8.16.